The van der Waals surface area contributed by atoms with Crippen LogP contribution in [0.1, 0.15) is 45.4 Å². The van der Waals surface area contributed by atoms with Crippen LogP contribution in [0.2, 0.25) is 0 Å². The predicted octanol–water partition coefficient (Wildman–Crippen LogP) is 3.19. The van der Waals surface area contributed by atoms with Crippen LogP contribution in [0.15, 0.2) is 0 Å². The number of hydrogen-bond donors (Lipinski definition) is 0. The molecular formula is C12H19BrO2. The van der Waals surface area contributed by atoms with E-state index in [1.54, 1.807) is 0 Å². The van der Waals surface area contributed by atoms with Crippen LogP contribution >= 0.6 is 15.9 Å². The molecule has 1 rings (SSSR count). The Morgan fingerprint density at radius 3 is 2.73 bits per heavy atom. The first-order valence-electron chi connectivity index (χ1n) is 5.76. The highest BCUT2D eigenvalue weighted by Crippen LogP contribution is 2.23. The summed E-state index contributed by atoms with van der Waals surface area (Å²) in [6.45, 7) is 2.10. The molecule has 0 aliphatic heterocycles. The van der Waals surface area contributed by atoms with Gasteiger partial charge in [0.1, 0.15) is 6.10 Å². The van der Waals surface area contributed by atoms with Crippen LogP contribution in [-0.4, -0.2) is 23.3 Å². The van der Waals surface area contributed by atoms with E-state index < -0.39 is 6.10 Å². The Labute approximate surface area is 101 Å². The fourth-order valence-corrected chi connectivity index (χ4v) is 2.54. The lowest BCUT2D eigenvalue weighted by atomic mass is 9.97. The van der Waals surface area contributed by atoms with E-state index in [0.29, 0.717) is 0 Å². The largest absolute Gasteiger partial charge is 0.366 e. The van der Waals surface area contributed by atoms with Gasteiger partial charge in [-0.05, 0) is 38.5 Å². The Bertz CT molecular complexity index is 178. The highest BCUT2D eigenvalue weighted by atomic mass is 79.9. The number of rotatable bonds is 6. The van der Waals surface area contributed by atoms with E-state index in [9.17, 15) is 4.79 Å². The smallest absolute Gasteiger partial charge is 0.231 e. The average Bonchev–Trinajstić information content (AvgIpc) is 2.27. The molecule has 1 aliphatic rings. The van der Waals surface area contributed by atoms with Crippen molar-refractivity contribution in [2.45, 2.75) is 62.5 Å². The molecule has 15 heavy (non-hydrogen) atoms. The van der Waals surface area contributed by atoms with Crippen molar-refractivity contribution in [3.63, 3.8) is 0 Å². The van der Waals surface area contributed by atoms with Gasteiger partial charge in [0.05, 0.1) is 6.10 Å². The zero-order valence-electron chi connectivity index (χ0n) is 9.25. The molecule has 86 valence electrons. The number of carbonyl (C=O) groups excluding carboxylic acids is 1. The molecular weight excluding hydrogens is 256 g/mol. The summed E-state index contributed by atoms with van der Waals surface area (Å²) in [7, 11) is 0. The summed E-state index contributed by atoms with van der Waals surface area (Å²) in [6, 6.07) is 0. The van der Waals surface area contributed by atoms with Crippen LogP contribution in [0, 0.1) is 6.42 Å². The van der Waals surface area contributed by atoms with E-state index >= 15 is 0 Å². The van der Waals surface area contributed by atoms with Crippen molar-refractivity contribution in [1.29, 1.82) is 0 Å². The average molecular weight is 275 g/mol. The van der Waals surface area contributed by atoms with Gasteiger partial charge in [-0.25, -0.2) is 0 Å². The van der Waals surface area contributed by atoms with Crippen molar-refractivity contribution in [3.05, 3.63) is 6.42 Å². The number of hydrogen-bond acceptors (Lipinski definition) is 2. The van der Waals surface area contributed by atoms with Crippen molar-refractivity contribution >= 4 is 22.2 Å². The van der Waals surface area contributed by atoms with Gasteiger partial charge in [0.25, 0.3) is 0 Å². The molecule has 2 radical (unpaired) electrons. The van der Waals surface area contributed by atoms with Gasteiger partial charge in [-0.1, -0.05) is 29.3 Å². The second kappa shape index (κ2) is 7.39. The molecule has 1 saturated carbocycles. The minimum atomic E-state index is -0.395. The summed E-state index contributed by atoms with van der Waals surface area (Å²) in [5, 5.41) is 0. The molecule has 2 atom stereocenters. The van der Waals surface area contributed by atoms with Crippen molar-refractivity contribution in [3.8, 4) is 0 Å². The molecule has 2 nitrogen and oxygen atoms in total. The van der Waals surface area contributed by atoms with Crippen molar-refractivity contribution < 1.29 is 9.53 Å². The molecule has 1 aliphatic carbocycles. The Hall–Kier alpha value is 0.110. The van der Waals surface area contributed by atoms with Gasteiger partial charge in [-0.2, -0.15) is 0 Å². The van der Waals surface area contributed by atoms with Crippen molar-refractivity contribution in [2.24, 2.45) is 0 Å². The Balaban J connectivity index is 2.34. The molecule has 0 amide bonds. The van der Waals surface area contributed by atoms with Crippen molar-refractivity contribution in [2.75, 3.05) is 0 Å². The molecule has 0 saturated heterocycles. The van der Waals surface area contributed by atoms with Crippen LogP contribution in [0.25, 0.3) is 0 Å². The van der Waals surface area contributed by atoms with E-state index in [4.69, 9.17) is 4.74 Å². The SMILES string of the molecule is CCCC(Br)C([C]=O)OC1CC[CH]CC1. The lowest BCUT2D eigenvalue weighted by Crippen LogP contribution is -2.32. The lowest BCUT2D eigenvalue weighted by molar-refractivity contribution is 0.00579. The van der Waals surface area contributed by atoms with Gasteiger partial charge in [0.15, 0.2) is 0 Å². The third-order valence-corrected chi connectivity index (χ3v) is 3.67. The standard InChI is InChI=1S/C12H19BrO2/c1-2-6-11(13)12(9-14)15-10-7-4-3-5-8-10/h3,10-12H,2,4-8H2,1H3. The maximum atomic E-state index is 10.8. The first-order chi connectivity index (χ1) is 7.27. The number of ether oxygens (including phenoxy) is 1. The Kier molecular flexibility index (Phi) is 6.50. The molecule has 0 aromatic heterocycles. The Morgan fingerprint density at radius 1 is 1.53 bits per heavy atom. The van der Waals surface area contributed by atoms with Gasteiger partial charge in [-0.15, -0.1) is 0 Å². The maximum absolute atomic E-state index is 10.8. The first kappa shape index (κ1) is 13.2. The molecule has 0 heterocycles. The van der Waals surface area contributed by atoms with E-state index in [2.05, 4.69) is 29.3 Å². The summed E-state index contributed by atoms with van der Waals surface area (Å²) in [4.78, 5) is 10.9. The van der Waals surface area contributed by atoms with Crippen molar-refractivity contribution in [1.82, 2.24) is 0 Å². The zero-order chi connectivity index (χ0) is 11.1. The van der Waals surface area contributed by atoms with Crippen LogP contribution in [0.4, 0.5) is 0 Å². The summed E-state index contributed by atoms with van der Waals surface area (Å²) < 4.78 is 5.76. The summed E-state index contributed by atoms with van der Waals surface area (Å²) in [5.41, 5.74) is 0. The maximum Gasteiger partial charge on any atom is 0.231 e. The highest BCUT2D eigenvalue weighted by Gasteiger charge is 2.24. The zero-order valence-corrected chi connectivity index (χ0v) is 10.8. The van der Waals surface area contributed by atoms with E-state index in [1.807, 2.05) is 6.29 Å². The first-order valence-corrected chi connectivity index (χ1v) is 6.68. The summed E-state index contributed by atoms with van der Waals surface area (Å²) in [5.74, 6) is 0. The second-order valence-electron chi connectivity index (χ2n) is 4.04. The minimum absolute atomic E-state index is 0.117. The van der Waals surface area contributed by atoms with E-state index in [0.717, 1.165) is 38.5 Å². The van der Waals surface area contributed by atoms with Crippen LogP contribution in [0.5, 0.6) is 0 Å². The fraction of sp³-hybridized carbons (Fsp3) is 0.833. The van der Waals surface area contributed by atoms with Crippen LogP contribution in [0.3, 0.4) is 0 Å². The minimum Gasteiger partial charge on any atom is -0.366 e. The quantitative estimate of drug-likeness (QED) is 0.696. The van der Waals surface area contributed by atoms with Gasteiger partial charge in [-0.3, -0.25) is 4.79 Å². The molecule has 1 fully saturated rings. The molecule has 2 unspecified atom stereocenters. The third kappa shape index (κ3) is 4.64. The van der Waals surface area contributed by atoms with Gasteiger partial charge >= 0.3 is 0 Å². The highest BCUT2D eigenvalue weighted by molar-refractivity contribution is 9.09. The normalized spacial score (nSPS) is 22.3. The molecule has 0 aromatic rings. The summed E-state index contributed by atoms with van der Waals surface area (Å²) >= 11 is 3.50. The van der Waals surface area contributed by atoms with Gasteiger partial charge in [0, 0.05) is 4.83 Å². The molecule has 0 bridgehead atoms. The molecule has 0 aromatic carbocycles. The second-order valence-corrected chi connectivity index (χ2v) is 5.22. The van der Waals surface area contributed by atoms with Crippen LogP contribution in [-0.2, 0) is 9.53 Å². The molecule has 3 heteroatoms. The lowest BCUT2D eigenvalue weighted by Gasteiger charge is -2.26. The number of halogens is 1. The predicted molar refractivity (Wildman–Crippen MR) is 64.7 cm³/mol. The summed E-state index contributed by atoms with van der Waals surface area (Å²) in [6.07, 6.45) is 10.5. The Morgan fingerprint density at radius 2 is 2.20 bits per heavy atom. The number of alkyl halides is 1. The van der Waals surface area contributed by atoms with Gasteiger partial charge < -0.3 is 4.74 Å². The van der Waals surface area contributed by atoms with E-state index in [1.165, 1.54) is 0 Å². The fourth-order valence-electron chi connectivity index (χ4n) is 1.85. The van der Waals surface area contributed by atoms with Crippen LogP contribution < -0.4 is 0 Å². The third-order valence-electron chi connectivity index (χ3n) is 2.73. The van der Waals surface area contributed by atoms with Gasteiger partial charge in [0.2, 0.25) is 6.29 Å². The molecule has 0 spiro atoms. The molecule has 0 N–H and O–H groups in total. The van der Waals surface area contributed by atoms with E-state index in [-0.39, 0.29) is 10.9 Å². The monoisotopic (exact) mass is 274 g/mol. The topological polar surface area (TPSA) is 26.3 Å².